The van der Waals surface area contributed by atoms with Crippen molar-refractivity contribution in [3.8, 4) is 11.3 Å². The molecule has 0 unspecified atom stereocenters. The maximum Gasteiger partial charge on any atom is 0.188 e. The van der Waals surface area contributed by atoms with E-state index in [4.69, 9.17) is 18.1 Å². The second kappa shape index (κ2) is 5.16. The summed E-state index contributed by atoms with van der Waals surface area (Å²) >= 11 is 5.09. The van der Waals surface area contributed by atoms with E-state index in [9.17, 15) is 0 Å². The molecule has 0 spiro atoms. The fraction of sp³-hybridized carbons (Fsp3) is 0.167. The highest BCUT2D eigenvalue weighted by Gasteiger charge is 2.08. The highest BCUT2D eigenvalue weighted by atomic mass is 32.1. The van der Waals surface area contributed by atoms with E-state index in [2.05, 4.69) is 10.4 Å². The van der Waals surface area contributed by atoms with E-state index in [1.807, 2.05) is 43.4 Å². The van der Waals surface area contributed by atoms with Crippen LogP contribution in [0, 0.1) is 0 Å². The zero-order chi connectivity index (χ0) is 13.1. The van der Waals surface area contributed by atoms with Gasteiger partial charge in [-0.2, -0.15) is 5.10 Å². The lowest BCUT2D eigenvalue weighted by atomic mass is 10.2. The highest BCUT2D eigenvalue weighted by Crippen LogP contribution is 2.20. The second-order valence-corrected chi connectivity index (χ2v) is 4.33. The van der Waals surface area contributed by atoms with Crippen LogP contribution in [0.1, 0.15) is 0 Å². The summed E-state index contributed by atoms with van der Waals surface area (Å²) < 4.78 is 1.73. The number of thiocarbonyl (C=S) groups is 1. The Morgan fingerprint density at radius 1 is 1.39 bits per heavy atom. The minimum absolute atomic E-state index is 0.442. The Balaban J connectivity index is 2.25. The molecule has 1 aromatic carbocycles. The van der Waals surface area contributed by atoms with Crippen LogP contribution in [0.25, 0.3) is 11.3 Å². The standard InChI is InChI=1S/C12H15N5S/c1-16(13)12(18)14-11-8-10(15-17(11)2)9-6-4-3-5-7-9/h3-8H,13H2,1-2H3,(H,14,18). The summed E-state index contributed by atoms with van der Waals surface area (Å²) in [5.41, 5.74) is 1.95. The van der Waals surface area contributed by atoms with Crippen LogP contribution in [0.4, 0.5) is 5.82 Å². The van der Waals surface area contributed by atoms with Gasteiger partial charge < -0.3 is 5.32 Å². The first-order chi connectivity index (χ1) is 8.58. The minimum atomic E-state index is 0.442. The van der Waals surface area contributed by atoms with Gasteiger partial charge in [-0.25, -0.2) is 5.84 Å². The van der Waals surface area contributed by atoms with Crippen molar-refractivity contribution in [2.24, 2.45) is 12.9 Å². The molecule has 0 saturated carbocycles. The van der Waals surface area contributed by atoms with Gasteiger partial charge in [0.15, 0.2) is 5.11 Å². The third-order valence-corrected chi connectivity index (χ3v) is 2.89. The van der Waals surface area contributed by atoms with Crippen LogP contribution in [0.2, 0.25) is 0 Å². The van der Waals surface area contributed by atoms with Crippen LogP contribution >= 0.6 is 12.2 Å². The Labute approximate surface area is 111 Å². The van der Waals surface area contributed by atoms with Gasteiger partial charge in [0.25, 0.3) is 0 Å². The lowest BCUT2D eigenvalue weighted by Gasteiger charge is -2.14. The molecule has 94 valence electrons. The van der Waals surface area contributed by atoms with Gasteiger partial charge in [0.2, 0.25) is 0 Å². The molecule has 0 saturated heterocycles. The van der Waals surface area contributed by atoms with Crippen LogP contribution < -0.4 is 11.2 Å². The zero-order valence-electron chi connectivity index (χ0n) is 10.3. The van der Waals surface area contributed by atoms with Crippen molar-refractivity contribution >= 4 is 23.1 Å². The Bertz CT molecular complexity index is 547. The van der Waals surface area contributed by atoms with E-state index in [-0.39, 0.29) is 0 Å². The van der Waals surface area contributed by atoms with Gasteiger partial charge in [0.05, 0.1) is 5.69 Å². The van der Waals surface area contributed by atoms with Crippen LogP contribution in [-0.4, -0.2) is 26.9 Å². The minimum Gasteiger partial charge on any atom is -0.316 e. The Morgan fingerprint density at radius 2 is 2.06 bits per heavy atom. The molecule has 0 aliphatic rings. The molecule has 18 heavy (non-hydrogen) atoms. The average molecular weight is 261 g/mol. The van der Waals surface area contributed by atoms with Crippen molar-refractivity contribution in [1.82, 2.24) is 14.8 Å². The number of nitrogens with zero attached hydrogens (tertiary/aromatic N) is 3. The van der Waals surface area contributed by atoms with Crippen LogP contribution in [0.5, 0.6) is 0 Å². The average Bonchev–Trinajstić information content (AvgIpc) is 2.72. The molecule has 1 aromatic heterocycles. The molecule has 0 radical (unpaired) electrons. The largest absolute Gasteiger partial charge is 0.316 e. The molecule has 0 amide bonds. The molecule has 0 bridgehead atoms. The molecule has 5 nitrogen and oxygen atoms in total. The van der Waals surface area contributed by atoms with Gasteiger partial charge in [-0.3, -0.25) is 9.69 Å². The summed E-state index contributed by atoms with van der Waals surface area (Å²) in [6.45, 7) is 0. The molecular weight excluding hydrogens is 246 g/mol. The van der Waals surface area contributed by atoms with Gasteiger partial charge in [-0.05, 0) is 12.2 Å². The molecule has 0 fully saturated rings. The predicted octanol–water partition coefficient (Wildman–Crippen LogP) is 1.59. The number of aryl methyl sites for hydroxylation is 1. The Kier molecular flexibility index (Phi) is 3.59. The first-order valence-corrected chi connectivity index (χ1v) is 5.87. The smallest absolute Gasteiger partial charge is 0.188 e. The molecule has 3 N–H and O–H groups in total. The maximum atomic E-state index is 5.55. The number of aromatic nitrogens is 2. The number of benzene rings is 1. The van der Waals surface area contributed by atoms with E-state index in [1.54, 1.807) is 11.7 Å². The van der Waals surface area contributed by atoms with E-state index < -0.39 is 0 Å². The summed E-state index contributed by atoms with van der Waals surface area (Å²) in [6.07, 6.45) is 0. The number of anilines is 1. The fourth-order valence-corrected chi connectivity index (χ4v) is 1.64. The topological polar surface area (TPSA) is 59.1 Å². The van der Waals surface area contributed by atoms with Crippen molar-refractivity contribution in [2.75, 3.05) is 12.4 Å². The molecule has 2 rings (SSSR count). The van der Waals surface area contributed by atoms with Crippen molar-refractivity contribution in [3.63, 3.8) is 0 Å². The lowest BCUT2D eigenvalue weighted by molar-refractivity contribution is 0.547. The third-order valence-electron chi connectivity index (χ3n) is 2.50. The molecule has 0 aliphatic heterocycles. The lowest BCUT2D eigenvalue weighted by Crippen LogP contribution is -2.37. The molecule has 0 atom stereocenters. The second-order valence-electron chi connectivity index (χ2n) is 3.95. The maximum absolute atomic E-state index is 5.55. The van der Waals surface area contributed by atoms with Crippen molar-refractivity contribution < 1.29 is 0 Å². The molecule has 6 heteroatoms. The normalized spacial score (nSPS) is 10.2. The quantitative estimate of drug-likeness (QED) is 0.488. The van der Waals surface area contributed by atoms with E-state index in [0.29, 0.717) is 5.11 Å². The summed E-state index contributed by atoms with van der Waals surface area (Å²) in [7, 11) is 3.54. The number of rotatable bonds is 2. The Morgan fingerprint density at radius 3 is 2.67 bits per heavy atom. The van der Waals surface area contributed by atoms with Crippen molar-refractivity contribution in [2.45, 2.75) is 0 Å². The van der Waals surface area contributed by atoms with Gasteiger partial charge >= 0.3 is 0 Å². The van der Waals surface area contributed by atoms with E-state index >= 15 is 0 Å². The number of hydrazine groups is 1. The van der Waals surface area contributed by atoms with E-state index in [1.165, 1.54) is 5.01 Å². The number of nitrogens with two attached hydrogens (primary N) is 1. The zero-order valence-corrected chi connectivity index (χ0v) is 11.1. The Hall–Kier alpha value is -1.92. The summed E-state index contributed by atoms with van der Waals surface area (Å²) in [5.74, 6) is 6.35. The molecular formula is C12H15N5S. The monoisotopic (exact) mass is 261 g/mol. The fourth-order valence-electron chi connectivity index (χ4n) is 1.53. The summed E-state index contributed by atoms with van der Waals surface area (Å²) in [4.78, 5) is 0. The third kappa shape index (κ3) is 2.66. The first-order valence-electron chi connectivity index (χ1n) is 5.47. The number of hydrogen-bond donors (Lipinski definition) is 2. The summed E-state index contributed by atoms with van der Waals surface area (Å²) in [5, 5.41) is 9.26. The van der Waals surface area contributed by atoms with Crippen LogP contribution in [0.3, 0.4) is 0 Å². The van der Waals surface area contributed by atoms with Gasteiger partial charge in [-0.15, -0.1) is 0 Å². The number of hydrogen-bond acceptors (Lipinski definition) is 3. The van der Waals surface area contributed by atoms with Crippen LogP contribution in [0.15, 0.2) is 36.4 Å². The highest BCUT2D eigenvalue weighted by molar-refractivity contribution is 7.80. The molecule has 2 aromatic rings. The van der Waals surface area contributed by atoms with Gasteiger partial charge in [0.1, 0.15) is 5.82 Å². The summed E-state index contributed by atoms with van der Waals surface area (Å²) in [6, 6.07) is 11.9. The van der Waals surface area contributed by atoms with Crippen molar-refractivity contribution in [3.05, 3.63) is 36.4 Å². The predicted molar refractivity (Wildman–Crippen MR) is 76.8 cm³/mol. The molecule has 0 aliphatic carbocycles. The van der Waals surface area contributed by atoms with Gasteiger partial charge in [0, 0.05) is 25.7 Å². The van der Waals surface area contributed by atoms with Gasteiger partial charge in [-0.1, -0.05) is 30.3 Å². The van der Waals surface area contributed by atoms with Crippen LogP contribution in [-0.2, 0) is 7.05 Å². The van der Waals surface area contributed by atoms with E-state index in [0.717, 1.165) is 17.1 Å². The SMILES string of the molecule is CN(N)C(=S)Nc1cc(-c2ccccc2)nn1C. The first kappa shape index (κ1) is 12.5. The van der Waals surface area contributed by atoms with Crippen molar-refractivity contribution in [1.29, 1.82) is 0 Å². The molecule has 1 heterocycles. The number of nitrogens with one attached hydrogen (secondary N) is 1.